The van der Waals surface area contributed by atoms with Gasteiger partial charge in [0.25, 0.3) is 0 Å². The summed E-state index contributed by atoms with van der Waals surface area (Å²) in [5.74, 6) is -1.21. The molecule has 1 unspecified atom stereocenters. The Morgan fingerprint density at radius 3 is 2.48 bits per heavy atom. The zero-order chi connectivity index (χ0) is 16.2. The molecule has 21 heavy (non-hydrogen) atoms. The van der Waals surface area contributed by atoms with E-state index in [4.69, 9.17) is 5.73 Å². The summed E-state index contributed by atoms with van der Waals surface area (Å²) in [6, 6.07) is 2.55. The van der Waals surface area contributed by atoms with Crippen molar-refractivity contribution in [2.24, 2.45) is 5.92 Å². The number of sulfonamides is 1. The molecule has 8 heteroatoms. The Bertz CT molecular complexity index is 597. The van der Waals surface area contributed by atoms with Crippen LogP contribution in [0, 0.1) is 11.7 Å². The molecule has 0 heterocycles. The van der Waals surface area contributed by atoms with Crippen molar-refractivity contribution in [3.63, 3.8) is 0 Å². The second kappa shape index (κ2) is 6.86. The third kappa shape index (κ3) is 4.68. The number of rotatable bonds is 6. The first-order valence-electron chi connectivity index (χ1n) is 6.49. The highest BCUT2D eigenvalue weighted by Crippen LogP contribution is 2.21. The molecule has 118 valence electrons. The number of carbonyl (C=O) groups is 1. The normalized spacial score (nSPS) is 13.2. The number of amides is 1. The van der Waals surface area contributed by atoms with E-state index < -0.39 is 32.7 Å². The minimum Gasteiger partial charge on any atom is -0.398 e. The van der Waals surface area contributed by atoms with Crippen LogP contribution in [0.25, 0.3) is 0 Å². The van der Waals surface area contributed by atoms with Crippen LogP contribution in [0.1, 0.15) is 20.8 Å². The van der Waals surface area contributed by atoms with E-state index in [-0.39, 0.29) is 11.6 Å². The molecule has 1 amide bonds. The van der Waals surface area contributed by atoms with Gasteiger partial charge < -0.3 is 11.1 Å². The van der Waals surface area contributed by atoms with Crippen LogP contribution < -0.4 is 15.8 Å². The van der Waals surface area contributed by atoms with Crippen LogP contribution in [0.4, 0.5) is 10.1 Å². The van der Waals surface area contributed by atoms with Crippen LogP contribution >= 0.6 is 0 Å². The molecule has 1 rings (SSSR count). The van der Waals surface area contributed by atoms with E-state index >= 15 is 0 Å². The number of benzene rings is 1. The molecule has 0 saturated carbocycles. The van der Waals surface area contributed by atoms with Crippen molar-refractivity contribution in [3.8, 4) is 0 Å². The second-order valence-electron chi connectivity index (χ2n) is 5.14. The summed E-state index contributed by atoms with van der Waals surface area (Å²) in [7, 11) is -4.22. The van der Waals surface area contributed by atoms with Crippen LogP contribution in [0.5, 0.6) is 0 Å². The van der Waals surface area contributed by atoms with Crippen molar-refractivity contribution in [1.29, 1.82) is 0 Å². The van der Waals surface area contributed by atoms with Crippen LogP contribution in [0.2, 0.25) is 0 Å². The molecule has 1 aromatic carbocycles. The van der Waals surface area contributed by atoms with Crippen LogP contribution in [-0.2, 0) is 14.8 Å². The number of carbonyl (C=O) groups excluding carboxylic acids is 1. The Balaban J connectivity index is 2.88. The Kier molecular flexibility index (Phi) is 5.68. The number of hydrogen-bond donors (Lipinski definition) is 3. The highest BCUT2D eigenvalue weighted by molar-refractivity contribution is 7.89. The number of hydrogen-bond acceptors (Lipinski definition) is 4. The lowest BCUT2D eigenvalue weighted by atomic mass is 10.2. The third-order valence-electron chi connectivity index (χ3n) is 2.68. The Morgan fingerprint density at radius 2 is 1.95 bits per heavy atom. The summed E-state index contributed by atoms with van der Waals surface area (Å²) in [4.78, 5) is 11.1. The van der Waals surface area contributed by atoms with Crippen LogP contribution in [0.15, 0.2) is 23.1 Å². The Hall–Kier alpha value is -1.67. The summed E-state index contributed by atoms with van der Waals surface area (Å²) in [6.07, 6.45) is 0. The van der Waals surface area contributed by atoms with Gasteiger partial charge in [0.05, 0.1) is 11.7 Å². The maximum Gasteiger partial charge on any atom is 0.246 e. The maximum absolute atomic E-state index is 13.7. The van der Waals surface area contributed by atoms with Gasteiger partial charge in [0, 0.05) is 6.54 Å². The molecule has 6 nitrogen and oxygen atoms in total. The average Bonchev–Trinajstić information content (AvgIpc) is 2.34. The first kappa shape index (κ1) is 17.4. The van der Waals surface area contributed by atoms with Gasteiger partial charge in [-0.3, -0.25) is 4.79 Å². The molecule has 0 bridgehead atoms. The summed E-state index contributed by atoms with van der Waals surface area (Å²) in [5, 5.41) is 2.59. The number of halogens is 1. The van der Waals surface area contributed by atoms with Crippen molar-refractivity contribution < 1.29 is 17.6 Å². The summed E-state index contributed by atoms with van der Waals surface area (Å²) < 4.78 is 40.0. The molecule has 0 fully saturated rings. The second-order valence-corrected chi connectivity index (χ2v) is 6.79. The lowest BCUT2D eigenvalue weighted by Gasteiger charge is -2.16. The van der Waals surface area contributed by atoms with Crippen molar-refractivity contribution in [2.75, 3.05) is 12.3 Å². The van der Waals surface area contributed by atoms with E-state index in [9.17, 15) is 17.6 Å². The molecule has 4 N–H and O–H groups in total. The van der Waals surface area contributed by atoms with Gasteiger partial charge in [-0.1, -0.05) is 19.9 Å². The Morgan fingerprint density at radius 1 is 1.33 bits per heavy atom. The molecule has 0 spiro atoms. The van der Waals surface area contributed by atoms with Gasteiger partial charge in [-0.25, -0.2) is 12.8 Å². The van der Waals surface area contributed by atoms with Crippen LogP contribution in [-0.4, -0.2) is 26.9 Å². The summed E-state index contributed by atoms with van der Waals surface area (Å²) in [6.45, 7) is 5.63. The fraction of sp³-hybridized carbons (Fsp3) is 0.462. The largest absolute Gasteiger partial charge is 0.398 e. The SMILES string of the molecule is CC(C)CNC(=O)C(C)NS(=O)(=O)c1c(N)cccc1F. The number of anilines is 1. The lowest BCUT2D eigenvalue weighted by molar-refractivity contribution is -0.122. The fourth-order valence-electron chi connectivity index (χ4n) is 1.61. The fourth-order valence-corrected chi connectivity index (χ4v) is 3.01. The van der Waals surface area contributed by atoms with Crippen molar-refractivity contribution in [1.82, 2.24) is 10.0 Å². The monoisotopic (exact) mass is 317 g/mol. The van der Waals surface area contributed by atoms with E-state index in [1.54, 1.807) is 0 Å². The van der Waals surface area contributed by atoms with E-state index in [1.807, 2.05) is 13.8 Å². The Labute approximate surface area is 124 Å². The third-order valence-corrected chi connectivity index (χ3v) is 4.31. The highest BCUT2D eigenvalue weighted by Gasteiger charge is 2.26. The molecule has 1 aromatic rings. The molecule has 1 atom stereocenters. The molecule has 0 saturated heterocycles. The minimum atomic E-state index is -4.22. The average molecular weight is 317 g/mol. The maximum atomic E-state index is 13.7. The molecule has 0 aromatic heterocycles. The topological polar surface area (TPSA) is 101 Å². The van der Waals surface area contributed by atoms with E-state index in [0.717, 1.165) is 6.07 Å². The quantitative estimate of drug-likeness (QED) is 0.677. The first-order chi connectivity index (χ1) is 9.65. The van der Waals surface area contributed by atoms with Gasteiger partial charge in [0.2, 0.25) is 15.9 Å². The number of nitrogens with one attached hydrogen (secondary N) is 2. The summed E-state index contributed by atoms with van der Waals surface area (Å²) >= 11 is 0. The minimum absolute atomic E-state index is 0.211. The summed E-state index contributed by atoms with van der Waals surface area (Å²) in [5.41, 5.74) is 5.29. The zero-order valence-corrected chi connectivity index (χ0v) is 13.0. The van der Waals surface area contributed by atoms with Gasteiger partial charge in [0.15, 0.2) is 0 Å². The van der Waals surface area contributed by atoms with Crippen molar-refractivity contribution in [3.05, 3.63) is 24.0 Å². The van der Waals surface area contributed by atoms with Gasteiger partial charge in [0.1, 0.15) is 10.7 Å². The van der Waals surface area contributed by atoms with E-state index in [1.165, 1.54) is 19.1 Å². The highest BCUT2D eigenvalue weighted by atomic mass is 32.2. The number of nitrogens with two attached hydrogens (primary N) is 1. The van der Waals surface area contributed by atoms with Crippen molar-refractivity contribution >= 4 is 21.6 Å². The first-order valence-corrected chi connectivity index (χ1v) is 7.97. The molecular formula is C13H20FN3O3S. The van der Waals surface area contributed by atoms with Crippen molar-refractivity contribution in [2.45, 2.75) is 31.7 Å². The smallest absolute Gasteiger partial charge is 0.246 e. The van der Waals surface area contributed by atoms with E-state index in [2.05, 4.69) is 10.0 Å². The number of nitrogen functional groups attached to an aromatic ring is 1. The molecule has 0 aliphatic heterocycles. The standard InChI is InChI=1S/C13H20FN3O3S/c1-8(2)7-16-13(18)9(3)17-21(19,20)12-10(14)5-4-6-11(12)15/h4-6,8-9,17H,7,15H2,1-3H3,(H,16,18). The van der Waals surface area contributed by atoms with E-state index in [0.29, 0.717) is 6.54 Å². The molecule has 0 radical (unpaired) electrons. The zero-order valence-electron chi connectivity index (χ0n) is 12.2. The lowest BCUT2D eigenvalue weighted by Crippen LogP contribution is -2.45. The van der Waals surface area contributed by atoms with Gasteiger partial charge in [-0.2, -0.15) is 4.72 Å². The van der Waals surface area contributed by atoms with Gasteiger partial charge >= 0.3 is 0 Å². The predicted molar refractivity (Wildman–Crippen MR) is 78.4 cm³/mol. The molecular weight excluding hydrogens is 297 g/mol. The molecule has 0 aliphatic rings. The van der Waals surface area contributed by atoms with Gasteiger partial charge in [-0.05, 0) is 25.0 Å². The van der Waals surface area contributed by atoms with Crippen LogP contribution in [0.3, 0.4) is 0 Å². The molecule has 0 aliphatic carbocycles. The van der Waals surface area contributed by atoms with Gasteiger partial charge in [-0.15, -0.1) is 0 Å². The predicted octanol–water partition coefficient (Wildman–Crippen LogP) is 0.847.